The minimum Gasteiger partial charge on any atom is -0.497 e. The van der Waals surface area contributed by atoms with E-state index in [0.717, 1.165) is 23.6 Å². The highest BCUT2D eigenvalue weighted by Gasteiger charge is 2.32. The highest BCUT2D eigenvalue weighted by atomic mass is 32.2. The molecule has 0 atom stereocenters. The Morgan fingerprint density at radius 1 is 1.18 bits per heavy atom. The van der Waals surface area contributed by atoms with Crippen LogP contribution in [0.15, 0.2) is 60.0 Å². The molecule has 1 N–H and O–H groups in total. The molecule has 1 saturated heterocycles. The zero-order valence-electron chi connectivity index (χ0n) is 18.3. The summed E-state index contributed by atoms with van der Waals surface area (Å²) in [4.78, 5) is 18.9. The third-order valence-corrected chi connectivity index (χ3v) is 6.21. The van der Waals surface area contributed by atoms with Crippen LogP contribution < -0.4 is 15.0 Å². The van der Waals surface area contributed by atoms with Crippen LogP contribution in [0.1, 0.15) is 5.56 Å². The summed E-state index contributed by atoms with van der Waals surface area (Å²) in [6.07, 6.45) is -1.12. The van der Waals surface area contributed by atoms with Gasteiger partial charge in [0.2, 0.25) is 5.91 Å². The number of hydrogen-bond donors (Lipinski definition) is 1. The van der Waals surface area contributed by atoms with Crippen molar-refractivity contribution < 1.29 is 27.4 Å². The van der Waals surface area contributed by atoms with Crippen LogP contribution in [0.5, 0.6) is 5.75 Å². The van der Waals surface area contributed by atoms with Gasteiger partial charge in [-0.2, -0.15) is 13.2 Å². The maximum absolute atomic E-state index is 13.3. The number of alkyl halides is 3. The van der Waals surface area contributed by atoms with E-state index < -0.39 is 17.6 Å². The SMILES string of the molecule is COc1ccc(-n2ccnc2SCC(=O)Nc2cc(C(F)(F)F)ccc2N2CCOCC2)cc1. The number of benzene rings is 2. The summed E-state index contributed by atoms with van der Waals surface area (Å²) < 4.78 is 52.2. The molecule has 0 saturated carbocycles. The minimum atomic E-state index is -4.51. The van der Waals surface area contributed by atoms with Crippen LogP contribution >= 0.6 is 11.8 Å². The Kier molecular flexibility index (Phi) is 7.32. The number of anilines is 2. The number of methoxy groups -OCH3 is 1. The number of amides is 1. The lowest BCUT2D eigenvalue weighted by Crippen LogP contribution is -2.37. The fourth-order valence-corrected chi connectivity index (χ4v) is 4.32. The van der Waals surface area contributed by atoms with Crippen molar-refractivity contribution in [3.05, 3.63) is 60.4 Å². The first-order chi connectivity index (χ1) is 16.3. The molecule has 2 heterocycles. The van der Waals surface area contributed by atoms with E-state index in [0.29, 0.717) is 37.1 Å². The predicted octanol–water partition coefficient (Wildman–Crippen LogP) is 4.47. The van der Waals surface area contributed by atoms with Gasteiger partial charge >= 0.3 is 6.18 Å². The first-order valence-corrected chi connectivity index (χ1v) is 11.5. The van der Waals surface area contributed by atoms with Crippen molar-refractivity contribution in [2.75, 3.05) is 49.4 Å². The summed E-state index contributed by atoms with van der Waals surface area (Å²) in [6, 6.07) is 10.8. The van der Waals surface area contributed by atoms with Crippen LogP contribution in [0.25, 0.3) is 5.69 Å². The molecule has 3 aromatic rings. The number of carbonyl (C=O) groups is 1. The van der Waals surface area contributed by atoms with Gasteiger partial charge in [0.05, 0.1) is 43.0 Å². The molecule has 4 rings (SSSR count). The average Bonchev–Trinajstić information content (AvgIpc) is 3.31. The molecule has 1 aliphatic rings. The van der Waals surface area contributed by atoms with Crippen LogP contribution in [-0.2, 0) is 15.7 Å². The van der Waals surface area contributed by atoms with Crippen LogP contribution in [0.4, 0.5) is 24.5 Å². The first kappa shape index (κ1) is 24.0. The van der Waals surface area contributed by atoms with E-state index in [4.69, 9.17) is 9.47 Å². The minimum absolute atomic E-state index is 0.0219. The maximum Gasteiger partial charge on any atom is 0.416 e. The summed E-state index contributed by atoms with van der Waals surface area (Å²) in [6.45, 7) is 2.00. The zero-order valence-corrected chi connectivity index (χ0v) is 19.2. The molecule has 34 heavy (non-hydrogen) atoms. The zero-order chi connectivity index (χ0) is 24.1. The van der Waals surface area contributed by atoms with Crippen LogP contribution in [0, 0.1) is 0 Å². The van der Waals surface area contributed by atoms with Crippen LogP contribution in [-0.4, -0.2) is 54.6 Å². The monoisotopic (exact) mass is 492 g/mol. The van der Waals surface area contributed by atoms with Gasteiger partial charge in [-0.15, -0.1) is 0 Å². The van der Waals surface area contributed by atoms with E-state index in [9.17, 15) is 18.0 Å². The molecule has 180 valence electrons. The van der Waals surface area contributed by atoms with Crippen molar-refractivity contribution in [3.8, 4) is 11.4 Å². The molecule has 1 aromatic heterocycles. The molecular weight excluding hydrogens is 469 g/mol. The number of aromatic nitrogens is 2. The molecule has 1 fully saturated rings. The van der Waals surface area contributed by atoms with Gasteiger partial charge in [0.1, 0.15) is 5.75 Å². The number of morpholine rings is 1. The Morgan fingerprint density at radius 2 is 1.91 bits per heavy atom. The lowest BCUT2D eigenvalue weighted by molar-refractivity contribution is -0.137. The Morgan fingerprint density at radius 3 is 2.59 bits per heavy atom. The van der Waals surface area contributed by atoms with Crippen molar-refractivity contribution >= 4 is 29.0 Å². The molecule has 0 spiro atoms. The van der Waals surface area contributed by atoms with E-state index in [-0.39, 0.29) is 11.4 Å². The standard InChI is InChI=1S/C23H23F3N4O3S/c1-32-18-5-3-17(4-6-18)30-9-8-27-22(30)34-15-21(31)28-19-14-16(23(24,25)26)2-7-20(19)29-10-12-33-13-11-29/h2-9,14H,10-13,15H2,1H3,(H,28,31). The fourth-order valence-electron chi connectivity index (χ4n) is 3.54. The number of thioether (sulfide) groups is 1. The molecule has 11 heteroatoms. The molecule has 0 aliphatic carbocycles. The average molecular weight is 493 g/mol. The highest BCUT2D eigenvalue weighted by molar-refractivity contribution is 7.99. The number of nitrogens with zero attached hydrogens (tertiary/aromatic N) is 3. The second-order valence-electron chi connectivity index (χ2n) is 7.44. The second kappa shape index (κ2) is 10.4. The number of imidazole rings is 1. The van der Waals surface area contributed by atoms with E-state index in [1.165, 1.54) is 17.8 Å². The second-order valence-corrected chi connectivity index (χ2v) is 8.39. The smallest absolute Gasteiger partial charge is 0.416 e. The Hall–Kier alpha value is -3.18. The number of nitrogens with one attached hydrogen (secondary N) is 1. The Labute approximate surface area is 198 Å². The van der Waals surface area contributed by atoms with Crippen LogP contribution in [0.2, 0.25) is 0 Å². The summed E-state index contributed by atoms with van der Waals surface area (Å²) in [5.41, 5.74) is 0.686. The van der Waals surface area contributed by atoms with Gasteiger partial charge in [-0.25, -0.2) is 4.98 Å². The van der Waals surface area contributed by atoms with Gasteiger partial charge in [0.15, 0.2) is 5.16 Å². The van der Waals surface area contributed by atoms with Gasteiger partial charge in [-0.1, -0.05) is 11.8 Å². The third kappa shape index (κ3) is 5.65. The number of rotatable bonds is 7. The first-order valence-electron chi connectivity index (χ1n) is 10.5. The molecule has 0 bridgehead atoms. The summed E-state index contributed by atoms with van der Waals surface area (Å²) in [5, 5.41) is 3.24. The number of hydrogen-bond acceptors (Lipinski definition) is 6. The number of halogens is 3. The quantitative estimate of drug-likeness (QED) is 0.491. The number of ether oxygens (including phenoxy) is 2. The van der Waals surface area contributed by atoms with E-state index in [1.54, 1.807) is 19.5 Å². The lowest BCUT2D eigenvalue weighted by atomic mass is 10.1. The Balaban J connectivity index is 1.48. The molecular formula is C23H23F3N4O3S. The Bertz CT molecular complexity index is 1130. The maximum atomic E-state index is 13.3. The van der Waals surface area contributed by atoms with Gasteiger partial charge in [-0.05, 0) is 42.5 Å². The normalized spacial score (nSPS) is 14.2. The largest absolute Gasteiger partial charge is 0.497 e. The predicted molar refractivity (Wildman–Crippen MR) is 124 cm³/mol. The molecule has 7 nitrogen and oxygen atoms in total. The van der Waals surface area contributed by atoms with Crippen molar-refractivity contribution in [3.63, 3.8) is 0 Å². The molecule has 0 radical (unpaired) electrons. The van der Waals surface area contributed by atoms with E-state index in [1.807, 2.05) is 33.7 Å². The molecule has 0 unspecified atom stereocenters. The summed E-state index contributed by atoms with van der Waals surface area (Å²) in [5.74, 6) is 0.268. The topological polar surface area (TPSA) is 68.6 Å². The van der Waals surface area contributed by atoms with E-state index >= 15 is 0 Å². The highest BCUT2D eigenvalue weighted by Crippen LogP contribution is 2.36. The lowest BCUT2D eigenvalue weighted by Gasteiger charge is -2.31. The summed E-state index contributed by atoms with van der Waals surface area (Å²) >= 11 is 1.19. The van der Waals surface area contributed by atoms with E-state index in [2.05, 4.69) is 10.3 Å². The van der Waals surface area contributed by atoms with Crippen molar-refractivity contribution in [1.29, 1.82) is 0 Å². The van der Waals surface area contributed by atoms with Gasteiger partial charge < -0.3 is 19.7 Å². The molecule has 1 aliphatic heterocycles. The molecule has 1 amide bonds. The van der Waals surface area contributed by atoms with Gasteiger partial charge in [0.25, 0.3) is 0 Å². The van der Waals surface area contributed by atoms with Gasteiger partial charge in [0, 0.05) is 31.2 Å². The molecule has 2 aromatic carbocycles. The van der Waals surface area contributed by atoms with Crippen molar-refractivity contribution in [2.24, 2.45) is 0 Å². The number of carbonyl (C=O) groups excluding carboxylic acids is 1. The third-order valence-electron chi connectivity index (χ3n) is 5.24. The summed E-state index contributed by atoms with van der Waals surface area (Å²) in [7, 11) is 1.58. The van der Waals surface area contributed by atoms with Crippen molar-refractivity contribution in [2.45, 2.75) is 11.3 Å². The van der Waals surface area contributed by atoms with Crippen molar-refractivity contribution in [1.82, 2.24) is 9.55 Å². The van der Waals surface area contributed by atoms with Crippen LogP contribution in [0.3, 0.4) is 0 Å². The fraction of sp³-hybridized carbons (Fsp3) is 0.304. The van der Waals surface area contributed by atoms with Gasteiger partial charge in [-0.3, -0.25) is 9.36 Å².